The number of pyridine rings is 1. The lowest BCUT2D eigenvalue weighted by Gasteiger charge is -2.05. The summed E-state index contributed by atoms with van der Waals surface area (Å²) >= 11 is 0. The van der Waals surface area contributed by atoms with Gasteiger partial charge in [0.1, 0.15) is 0 Å². The zero-order valence-electron chi connectivity index (χ0n) is 12.5. The Kier molecular flexibility index (Phi) is 3.49. The third kappa shape index (κ3) is 2.73. The predicted molar refractivity (Wildman–Crippen MR) is 84.3 cm³/mol. The molecule has 3 rings (SSSR count). The smallest absolute Gasteiger partial charge is 0.270 e. The van der Waals surface area contributed by atoms with Crippen molar-refractivity contribution in [1.82, 2.24) is 14.8 Å². The molecular formula is C15H13N5O3. The van der Waals surface area contributed by atoms with Crippen LogP contribution in [0.3, 0.4) is 0 Å². The third-order valence-electron chi connectivity index (χ3n) is 3.44. The van der Waals surface area contributed by atoms with Gasteiger partial charge in [-0.15, -0.1) is 0 Å². The van der Waals surface area contributed by atoms with Crippen molar-refractivity contribution < 1.29 is 9.72 Å². The Hall–Kier alpha value is -3.29. The molecule has 2 aromatic heterocycles. The van der Waals surface area contributed by atoms with Crippen LogP contribution in [0.5, 0.6) is 0 Å². The first-order valence-electron chi connectivity index (χ1n) is 6.81. The van der Waals surface area contributed by atoms with E-state index in [-0.39, 0.29) is 11.3 Å². The number of amides is 1. The Balaban J connectivity index is 1.89. The first-order valence-corrected chi connectivity index (χ1v) is 6.81. The fourth-order valence-electron chi connectivity index (χ4n) is 2.34. The van der Waals surface area contributed by atoms with Crippen LogP contribution in [0, 0.1) is 17.0 Å². The average molecular weight is 311 g/mol. The highest BCUT2D eigenvalue weighted by molar-refractivity contribution is 6.05. The SMILES string of the molecule is Cc1nn(C)c2ncc(NC(=O)c3cccc([N+](=O)[O-])c3)cc12. The third-order valence-corrected chi connectivity index (χ3v) is 3.44. The Labute approximate surface area is 130 Å². The fraction of sp³-hybridized carbons (Fsp3) is 0.133. The first-order chi connectivity index (χ1) is 11.0. The molecule has 116 valence electrons. The van der Waals surface area contributed by atoms with Crippen LogP contribution in [-0.2, 0) is 7.05 Å². The number of carbonyl (C=O) groups is 1. The van der Waals surface area contributed by atoms with Crippen molar-refractivity contribution in [2.45, 2.75) is 6.92 Å². The van der Waals surface area contributed by atoms with Crippen molar-refractivity contribution in [3.8, 4) is 0 Å². The summed E-state index contributed by atoms with van der Waals surface area (Å²) in [6.07, 6.45) is 1.53. The van der Waals surface area contributed by atoms with Gasteiger partial charge < -0.3 is 5.32 Å². The molecule has 0 aliphatic rings. The van der Waals surface area contributed by atoms with Crippen molar-refractivity contribution in [3.05, 3.63) is 57.9 Å². The van der Waals surface area contributed by atoms with Crippen LogP contribution in [0.2, 0.25) is 0 Å². The maximum absolute atomic E-state index is 12.2. The molecule has 0 saturated carbocycles. The van der Waals surface area contributed by atoms with Crippen LogP contribution in [0.25, 0.3) is 11.0 Å². The van der Waals surface area contributed by atoms with Gasteiger partial charge in [0, 0.05) is 30.1 Å². The highest BCUT2D eigenvalue weighted by Crippen LogP contribution is 2.20. The molecule has 1 N–H and O–H groups in total. The van der Waals surface area contributed by atoms with Crippen LogP contribution >= 0.6 is 0 Å². The van der Waals surface area contributed by atoms with Crippen LogP contribution in [-0.4, -0.2) is 25.6 Å². The van der Waals surface area contributed by atoms with Gasteiger partial charge in [-0.2, -0.15) is 5.10 Å². The van der Waals surface area contributed by atoms with E-state index in [4.69, 9.17) is 0 Å². The van der Waals surface area contributed by atoms with Gasteiger partial charge in [-0.05, 0) is 19.1 Å². The van der Waals surface area contributed by atoms with E-state index >= 15 is 0 Å². The second-order valence-electron chi connectivity index (χ2n) is 5.07. The maximum atomic E-state index is 12.2. The van der Waals surface area contributed by atoms with Crippen molar-refractivity contribution >= 4 is 28.3 Å². The Morgan fingerprint density at radius 1 is 1.35 bits per heavy atom. The number of aryl methyl sites for hydroxylation is 2. The van der Waals surface area contributed by atoms with Gasteiger partial charge in [-0.1, -0.05) is 6.07 Å². The van der Waals surface area contributed by atoms with Gasteiger partial charge in [-0.25, -0.2) is 4.98 Å². The molecule has 23 heavy (non-hydrogen) atoms. The lowest BCUT2D eigenvalue weighted by atomic mass is 10.2. The summed E-state index contributed by atoms with van der Waals surface area (Å²) in [7, 11) is 1.80. The van der Waals surface area contributed by atoms with E-state index in [2.05, 4.69) is 15.4 Å². The van der Waals surface area contributed by atoms with E-state index in [9.17, 15) is 14.9 Å². The molecule has 1 aromatic carbocycles. The Morgan fingerprint density at radius 2 is 2.13 bits per heavy atom. The average Bonchev–Trinajstić information content (AvgIpc) is 2.81. The standard InChI is InChI=1S/C15H13N5O3/c1-9-13-7-11(8-16-14(13)19(2)18-9)17-15(21)10-4-3-5-12(6-10)20(22)23/h3-8H,1-2H3,(H,17,21). The molecule has 8 heteroatoms. The number of anilines is 1. The highest BCUT2D eigenvalue weighted by Gasteiger charge is 2.13. The van der Waals surface area contributed by atoms with E-state index in [0.29, 0.717) is 5.69 Å². The van der Waals surface area contributed by atoms with Crippen LogP contribution in [0.1, 0.15) is 16.1 Å². The number of benzene rings is 1. The minimum Gasteiger partial charge on any atom is -0.321 e. The lowest BCUT2D eigenvalue weighted by Crippen LogP contribution is -2.12. The van der Waals surface area contributed by atoms with E-state index in [1.54, 1.807) is 17.8 Å². The number of nitro benzene ring substituents is 1. The number of nitro groups is 1. The largest absolute Gasteiger partial charge is 0.321 e. The Morgan fingerprint density at radius 3 is 2.87 bits per heavy atom. The number of rotatable bonds is 3. The first kappa shape index (κ1) is 14.6. The molecule has 8 nitrogen and oxygen atoms in total. The summed E-state index contributed by atoms with van der Waals surface area (Å²) in [4.78, 5) is 26.7. The van der Waals surface area contributed by atoms with Crippen molar-refractivity contribution in [1.29, 1.82) is 0 Å². The second-order valence-corrected chi connectivity index (χ2v) is 5.07. The number of hydrogen-bond donors (Lipinski definition) is 1. The van der Waals surface area contributed by atoms with Crippen LogP contribution < -0.4 is 5.32 Å². The molecular weight excluding hydrogens is 298 g/mol. The van der Waals surface area contributed by atoms with E-state index in [1.165, 1.54) is 30.5 Å². The fourth-order valence-corrected chi connectivity index (χ4v) is 2.34. The second kappa shape index (κ2) is 5.48. The summed E-state index contributed by atoms with van der Waals surface area (Å²) in [5.74, 6) is -0.434. The molecule has 0 radical (unpaired) electrons. The number of non-ortho nitro benzene ring substituents is 1. The summed E-state index contributed by atoms with van der Waals surface area (Å²) in [6.45, 7) is 1.86. The van der Waals surface area contributed by atoms with Crippen LogP contribution in [0.15, 0.2) is 36.5 Å². The van der Waals surface area contributed by atoms with Gasteiger partial charge in [0.25, 0.3) is 11.6 Å². The molecule has 0 unspecified atom stereocenters. The van der Waals surface area contributed by atoms with E-state index < -0.39 is 10.8 Å². The number of nitrogens with zero attached hydrogens (tertiary/aromatic N) is 4. The van der Waals surface area contributed by atoms with Gasteiger partial charge in [0.05, 0.1) is 22.5 Å². The van der Waals surface area contributed by atoms with Gasteiger partial charge in [0.15, 0.2) is 5.65 Å². The molecule has 0 fully saturated rings. The number of fused-ring (bicyclic) bond motifs is 1. The molecule has 0 atom stereocenters. The molecule has 0 aliphatic heterocycles. The Bertz CT molecular complexity index is 932. The van der Waals surface area contributed by atoms with Gasteiger partial charge >= 0.3 is 0 Å². The number of carbonyl (C=O) groups excluding carboxylic acids is 1. The summed E-state index contributed by atoms with van der Waals surface area (Å²) in [5.41, 5.74) is 2.11. The van der Waals surface area contributed by atoms with E-state index in [1.807, 2.05) is 6.92 Å². The normalized spacial score (nSPS) is 10.7. The molecule has 0 spiro atoms. The molecule has 3 aromatic rings. The molecule has 0 bridgehead atoms. The number of aromatic nitrogens is 3. The molecule has 0 saturated heterocycles. The highest BCUT2D eigenvalue weighted by atomic mass is 16.6. The molecule has 0 aliphatic carbocycles. The minimum atomic E-state index is -0.538. The van der Waals surface area contributed by atoms with Crippen molar-refractivity contribution in [2.24, 2.45) is 7.05 Å². The quantitative estimate of drug-likeness (QED) is 0.591. The number of nitrogens with one attached hydrogen (secondary N) is 1. The zero-order chi connectivity index (χ0) is 16.6. The summed E-state index contributed by atoms with van der Waals surface area (Å²) in [6, 6.07) is 7.34. The topological polar surface area (TPSA) is 103 Å². The van der Waals surface area contributed by atoms with E-state index in [0.717, 1.165) is 16.7 Å². The zero-order valence-corrected chi connectivity index (χ0v) is 12.5. The van der Waals surface area contributed by atoms with Crippen LogP contribution in [0.4, 0.5) is 11.4 Å². The molecule has 2 heterocycles. The predicted octanol–water partition coefficient (Wildman–Crippen LogP) is 2.44. The monoisotopic (exact) mass is 311 g/mol. The molecule has 1 amide bonds. The number of hydrogen-bond acceptors (Lipinski definition) is 5. The summed E-state index contributed by atoms with van der Waals surface area (Å²) < 4.78 is 1.66. The minimum absolute atomic E-state index is 0.130. The van der Waals surface area contributed by atoms with Gasteiger partial charge in [-0.3, -0.25) is 19.6 Å². The van der Waals surface area contributed by atoms with Crippen molar-refractivity contribution in [3.63, 3.8) is 0 Å². The maximum Gasteiger partial charge on any atom is 0.270 e. The summed E-state index contributed by atoms with van der Waals surface area (Å²) in [5, 5.41) is 18.6. The van der Waals surface area contributed by atoms with Crippen molar-refractivity contribution in [2.75, 3.05) is 5.32 Å². The lowest BCUT2D eigenvalue weighted by molar-refractivity contribution is -0.384. The van der Waals surface area contributed by atoms with Gasteiger partial charge in [0.2, 0.25) is 0 Å².